The van der Waals surface area contributed by atoms with E-state index in [1.165, 1.54) is 0 Å². The Balaban J connectivity index is 1.46. The van der Waals surface area contributed by atoms with Gasteiger partial charge in [-0.05, 0) is 49.6 Å². The van der Waals surface area contributed by atoms with E-state index >= 15 is 0 Å². The lowest BCUT2D eigenvalue weighted by molar-refractivity contribution is 0.171. The number of aryl methyl sites for hydroxylation is 2. The molecule has 0 aliphatic carbocycles. The summed E-state index contributed by atoms with van der Waals surface area (Å²) in [7, 11) is 0. The zero-order chi connectivity index (χ0) is 21.8. The third-order valence-electron chi connectivity index (χ3n) is 5.64. The van der Waals surface area contributed by atoms with Crippen LogP contribution in [0, 0.1) is 25.2 Å². The van der Waals surface area contributed by atoms with Crippen LogP contribution in [0.5, 0.6) is 0 Å². The molecule has 2 N–H and O–H groups in total. The average molecular weight is 415 g/mol. The van der Waals surface area contributed by atoms with Gasteiger partial charge in [-0.3, -0.25) is 4.98 Å². The van der Waals surface area contributed by atoms with Gasteiger partial charge in [0.15, 0.2) is 0 Å². The second-order valence-electron chi connectivity index (χ2n) is 7.92. The number of anilines is 2. The fraction of sp³-hybridized carbons (Fsp3) is 0.333. The number of nitriles is 1. The molecule has 0 saturated heterocycles. The summed E-state index contributed by atoms with van der Waals surface area (Å²) in [5, 5.41) is 23.4. The van der Waals surface area contributed by atoms with Crippen LogP contribution in [0.1, 0.15) is 46.2 Å². The zero-order valence-corrected chi connectivity index (χ0v) is 17.8. The van der Waals surface area contributed by atoms with Crippen molar-refractivity contribution in [1.29, 1.82) is 5.26 Å². The summed E-state index contributed by atoms with van der Waals surface area (Å²) in [5.41, 5.74) is 6.52. The first-order valence-electron chi connectivity index (χ1n) is 10.5. The van der Waals surface area contributed by atoms with Gasteiger partial charge in [-0.25, -0.2) is 9.97 Å². The van der Waals surface area contributed by atoms with Crippen LogP contribution < -0.4 is 10.2 Å². The summed E-state index contributed by atoms with van der Waals surface area (Å²) in [4.78, 5) is 15.4. The van der Waals surface area contributed by atoms with E-state index in [0.29, 0.717) is 25.1 Å². The fourth-order valence-corrected chi connectivity index (χ4v) is 3.88. The summed E-state index contributed by atoms with van der Waals surface area (Å²) in [6.45, 7) is 5.94. The van der Waals surface area contributed by atoms with E-state index in [9.17, 15) is 10.4 Å². The molecule has 7 nitrogen and oxygen atoms in total. The monoisotopic (exact) mass is 414 g/mol. The molecule has 7 heteroatoms. The summed E-state index contributed by atoms with van der Waals surface area (Å²) in [6.07, 6.45) is 4.07. The van der Waals surface area contributed by atoms with Crippen molar-refractivity contribution < 1.29 is 5.11 Å². The van der Waals surface area contributed by atoms with Crippen LogP contribution in [0.3, 0.4) is 0 Å². The Labute approximate surface area is 182 Å². The molecule has 31 heavy (non-hydrogen) atoms. The van der Waals surface area contributed by atoms with Crippen LogP contribution in [0.2, 0.25) is 0 Å². The number of benzene rings is 1. The predicted octanol–water partition coefficient (Wildman–Crippen LogP) is 3.46. The number of aliphatic hydroxyl groups is 1. The summed E-state index contributed by atoms with van der Waals surface area (Å²) in [6, 6.07) is 12.1. The van der Waals surface area contributed by atoms with Crippen molar-refractivity contribution in [3.8, 4) is 6.07 Å². The van der Waals surface area contributed by atoms with Gasteiger partial charge < -0.3 is 15.3 Å². The van der Waals surface area contributed by atoms with Gasteiger partial charge in [-0.15, -0.1) is 0 Å². The molecule has 1 aliphatic rings. The van der Waals surface area contributed by atoms with Crippen LogP contribution in [0.15, 0.2) is 42.9 Å². The third kappa shape index (κ3) is 4.65. The number of aromatic nitrogens is 3. The SMILES string of the molecule is Cc1ccc(N2CCc3ncnc(NCC[C@@H](O)c4ccc(C)nc4)c3C2)c(C#N)c1. The van der Waals surface area contributed by atoms with Gasteiger partial charge >= 0.3 is 0 Å². The number of fused-ring (bicyclic) bond motifs is 1. The zero-order valence-electron chi connectivity index (χ0n) is 17.8. The lowest BCUT2D eigenvalue weighted by atomic mass is 10.0. The standard InChI is InChI=1S/C24H26N6O/c1-16-3-6-22(19(11-16)12-25)30-10-8-21-20(14-30)24(29-15-28-21)26-9-7-23(31)18-5-4-17(2)27-13-18/h3-6,11,13,15,23,31H,7-10,14H2,1-2H3,(H,26,28,29)/t23-/m1/s1. The van der Waals surface area contributed by atoms with Crippen molar-refractivity contribution in [3.05, 3.63) is 76.5 Å². The first-order valence-corrected chi connectivity index (χ1v) is 10.5. The Kier molecular flexibility index (Phi) is 6.10. The van der Waals surface area contributed by atoms with Crippen LogP contribution >= 0.6 is 0 Å². The van der Waals surface area contributed by atoms with E-state index in [-0.39, 0.29) is 0 Å². The lowest BCUT2D eigenvalue weighted by Crippen LogP contribution is -2.32. The Bertz CT molecular complexity index is 1110. The Morgan fingerprint density at radius 2 is 2.06 bits per heavy atom. The van der Waals surface area contributed by atoms with E-state index in [0.717, 1.165) is 52.5 Å². The van der Waals surface area contributed by atoms with Crippen molar-refractivity contribution in [2.75, 3.05) is 23.3 Å². The van der Waals surface area contributed by atoms with Crippen LogP contribution in [-0.4, -0.2) is 33.1 Å². The quantitative estimate of drug-likeness (QED) is 0.637. The molecule has 0 bridgehead atoms. The van der Waals surface area contributed by atoms with Crippen molar-refractivity contribution in [2.45, 2.75) is 39.3 Å². The van der Waals surface area contributed by atoms with E-state index < -0.39 is 6.10 Å². The molecule has 2 aromatic heterocycles. The van der Waals surface area contributed by atoms with Gasteiger partial charge in [0, 0.05) is 43.5 Å². The molecule has 0 amide bonds. The highest BCUT2D eigenvalue weighted by Crippen LogP contribution is 2.29. The van der Waals surface area contributed by atoms with E-state index in [4.69, 9.17) is 0 Å². The molecule has 0 spiro atoms. The number of aliphatic hydroxyl groups excluding tert-OH is 1. The smallest absolute Gasteiger partial charge is 0.134 e. The highest BCUT2D eigenvalue weighted by atomic mass is 16.3. The lowest BCUT2D eigenvalue weighted by Gasteiger charge is -2.31. The minimum atomic E-state index is -0.583. The highest BCUT2D eigenvalue weighted by Gasteiger charge is 2.23. The molecule has 0 unspecified atom stereocenters. The highest BCUT2D eigenvalue weighted by molar-refractivity contribution is 5.62. The maximum atomic E-state index is 10.4. The van der Waals surface area contributed by atoms with Gasteiger partial charge in [-0.1, -0.05) is 12.1 Å². The van der Waals surface area contributed by atoms with Crippen molar-refractivity contribution >= 4 is 11.5 Å². The van der Waals surface area contributed by atoms with Gasteiger partial charge in [0.05, 0.1) is 23.0 Å². The normalized spacial score (nSPS) is 13.9. The Morgan fingerprint density at radius 3 is 2.84 bits per heavy atom. The molecule has 1 aromatic carbocycles. The number of hydrogen-bond acceptors (Lipinski definition) is 7. The van der Waals surface area contributed by atoms with Crippen LogP contribution in [0.25, 0.3) is 0 Å². The van der Waals surface area contributed by atoms with Crippen molar-refractivity contribution in [3.63, 3.8) is 0 Å². The second-order valence-corrected chi connectivity index (χ2v) is 7.92. The van der Waals surface area contributed by atoms with E-state index in [1.54, 1.807) is 12.5 Å². The molecule has 4 rings (SSSR count). The summed E-state index contributed by atoms with van der Waals surface area (Å²) >= 11 is 0. The molecule has 1 aliphatic heterocycles. The van der Waals surface area contributed by atoms with E-state index in [2.05, 4.69) is 31.2 Å². The molecule has 1 atom stereocenters. The largest absolute Gasteiger partial charge is 0.388 e. The van der Waals surface area contributed by atoms with Crippen molar-refractivity contribution in [2.24, 2.45) is 0 Å². The number of nitrogens with zero attached hydrogens (tertiary/aromatic N) is 5. The molecular weight excluding hydrogens is 388 g/mol. The molecular formula is C24H26N6O. The molecule has 158 valence electrons. The van der Waals surface area contributed by atoms with Crippen molar-refractivity contribution in [1.82, 2.24) is 15.0 Å². The van der Waals surface area contributed by atoms with Gasteiger partial charge in [0.25, 0.3) is 0 Å². The maximum Gasteiger partial charge on any atom is 0.134 e. The number of nitrogens with one attached hydrogen (secondary N) is 1. The van der Waals surface area contributed by atoms with E-state index in [1.807, 2.05) is 44.2 Å². The summed E-state index contributed by atoms with van der Waals surface area (Å²) in [5.74, 6) is 0.787. The fourth-order valence-electron chi connectivity index (χ4n) is 3.88. The van der Waals surface area contributed by atoms with Gasteiger partial charge in [-0.2, -0.15) is 5.26 Å². The molecule has 3 heterocycles. The topological polar surface area (TPSA) is 98.0 Å². The minimum absolute atomic E-state index is 0.545. The average Bonchev–Trinajstić information content (AvgIpc) is 2.79. The minimum Gasteiger partial charge on any atom is -0.388 e. The Hall–Kier alpha value is -3.50. The molecule has 3 aromatic rings. The summed E-state index contributed by atoms with van der Waals surface area (Å²) < 4.78 is 0. The molecule has 0 radical (unpaired) electrons. The first kappa shape index (κ1) is 20.8. The predicted molar refractivity (Wildman–Crippen MR) is 120 cm³/mol. The number of rotatable bonds is 6. The molecule has 0 saturated carbocycles. The second kappa shape index (κ2) is 9.11. The number of pyridine rings is 1. The maximum absolute atomic E-state index is 10.4. The van der Waals surface area contributed by atoms with Gasteiger partial charge in [0.1, 0.15) is 18.2 Å². The molecule has 0 fully saturated rings. The van der Waals surface area contributed by atoms with Gasteiger partial charge in [0.2, 0.25) is 0 Å². The third-order valence-corrected chi connectivity index (χ3v) is 5.64. The Morgan fingerprint density at radius 1 is 1.19 bits per heavy atom. The first-order chi connectivity index (χ1) is 15.0. The number of hydrogen-bond donors (Lipinski definition) is 2. The van der Waals surface area contributed by atoms with Crippen LogP contribution in [-0.2, 0) is 13.0 Å². The van der Waals surface area contributed by atoms with Crippen LogP contribution in [0.4, 0.5) is 11.5 Å².